The Kier molecular flexibility index (Phi) is 4.02. The van der Waals surface area contributed by atoms with Crippen LogP contribution in [0, 0.1) is 0 Å². The van der Waals surface area contributed by atoms with Gasteiger partial charge in [-0.15, -0.1) is 0 Å². The van der Waals surface area contributed by atoms with E-state index in [2.05, 4.69) is 11.8 Å². The normalized spacial score (nSPS) is 28.8. The molecule has 0 aromatic rings. The zero-order chi connectivity index (χ0) is 8.97. The van der Waals surface area contributed by atoms with E-state index in [9.17, 15) is 5.11 Å². The molecule has 1 aliphatic rings. The van der Waals surface area contributed by atoms with Crippen molar-refractivity contribution in [2.75, 3.05) is 13.1 Å². The highest BCUT2D eigenvalue weighted by molar-refractivity contribution is 4.76. The van der Waals surface area contributed by atoms with Crippen LogP contribution >= 0.6 is 0 Å². The van der Waals surface area contributed by atoms with Gasteiger partial charge in [0.05, 0.1) is 6.10 Å². The van der Waals surface area contributed by atoms with Gasteiger partial charge in [-0.1, -0.05) is 13.3 Å². The third-order valence-corrected chi connectivity index (χ3v) is 2.72. The molecule has 0 aromatic heterocycles. The van der Waals surface area contributed by atoms with E-state index in [1.807, 2.05) is 6.92 Å². The molecule has 1 rings (SSSR count). The van der Waals surface area contributed by atoms with Gasteiger partial charge in [0, 0.05) is 12.6 Å². The highest BCUT2D eigenvalue weighted by atomic mass is 16.3. The predicted molar refractivity (Wildman–Crippen MR) is 51.2 cm³/mol. The molecule has 12 heavy (non-hydrogen) atoms. The molecule has 1 unspecified atom stereocenters. The number of nitrogens with zero attached hydrogens (tertiary/aromatic N) is 1. The Balaban J connectivity index is 2.36. The van der Waals surface area contributed by atoms with Gasteiger partial charge in [-0.05, 0) is 32.7 Å². The summed E-state index contributed by atoms with van der Waals surface area (Å²) in [6.07, 6.45) is 5.06. The smallest absolute Gasteiger partial charge is 0.0639 e. The van der Waals surface area contributed by atoms with Gasteiger partial charge < -0.3 is 5.11 Å². The van der Waals surface area contributed by atoms with Gasteiger partial charge in [0.1, 0.15) is 0 Å². The molecule has 2 nitrogen and oxygen atoms in total. The van der Waals surface area contributed by atoms with Gasteiger partial charge in [0.2, 0.25) is 0 Å². The van der Waals surface area contributed by atoms with E-state index in [0.29, 0.717) is 0 Å². The van der Waals surface area contributed by atoms with Crippen LogP contribution in [0.15, 0.2) is 0 Å². The molecular weight excluding hydrogens is 150 g/mol. The van der Waals surface area contributed by atoms with Crippen molar-refractivity contribution >= 4 is 0 Å². The summed E-state index contributed by atoms with van der Waals surface area (Å²) in [6.45, 7) is 6.16. The number of aliphatic hydroxyl groups excluding tert-OH is 1. The van der Waals surface area contributed by atoms with Crippen molar-refractivity contribution in [3.63, 3.8) is 0 Å². The first-order chi connectivity index (χ1) is 5.74. The zero-order valence-electron chi connectivity index (χ0n) is 8.29. The standard InChI is InChI=1S/C10H21NO/c1-3-10-6-4-5-7-11(10)8-9(2)12/h9-10,12H,3-8H2,1-2H3/t9-,10?/m0/s1. The molecule has 1 heterocycles. The van der Waals surface area contributed by atoms with Gasteiger partial charge in [-0.2, -0.15) is 0 Å². The second kappa shape index (κ2) is 4.83. The third-order valence-electron chi connectivity index (χ3n) is 2.72. The lowest BCUT2D eigenvalue weighted by Crippen LogP contribution is -2.42. The summed E-state index contributed by atoms with van der Waals surface area (Å²) in [5.74, 6) is 0. The van der Waals surface area contributed by atoms with E-state index in [-0.39, 0.29) is 6.10 Å². The topological polar surface area (TPSA) is 23.5 Å². The van der Waals surface area contributed by atoms with Crippen LogP contribution in [0.3, 0.4) is 0 Å². The Morgan fingerprint density at radius 1 is 1.50 bits per heavy atom. The minimum absolute atomic E-state index is 0.169. The van der Waals surface area contributed by atoms with Crippen LogP contribution in [-0.4, -0.2) is 35.2 Å². The molecule has 0 radical (unpaired) electrons. The summed E-state index contributed by atoms with van der Waals surface area (Å²) in [7, 11) is 0. The monoisotopic (exact) mass is 171 g/mol. The summed E-state index contributed by atoms with van der Waals surface area (Å²) < 4.78 is 0. The van der Waals surface area contributed by atoms with Crippen molar-refractivity contribution in [1.29, 1.82) is 0 Å². The molecular formula is C10H21NO. The maximum atomic E-state index is 9.28. The minimum atomic E-state index is -0.169. The van der Waals surface area contributed by atoms with Crippen LogP contribution in [-0.2, 0) is 0 Å². The van der Waals surface area contributed by atoms with E-state index < -0.39 is 0 Å². The minimum Gasteiger partial charge on any atom is -0.392 e. The van der Waals surface area contributed by atoms with Crippen molar-refractivity contribution in [2.45, 2.75) is 51.7 Å². The molecule has 1 fully saturated rings. The Bertz CT molecular complexity index is 125. The summed E-state index contributed by atoms with van der Waals surface area (Å²) in [5.41, 5.74) is 0. The molecule has 0 aliphatic carbocycles. The predicted octanol–water partition coefficient (Wildman–Crippen LogP) is 1.63. The van der Waals surface area contributed by atoms with E-state index in [1.54, 1.807) is 0 Å². The summed E-state index contributed by atoms with van der Waals surface area (Å²) in [4.78, 5) is 2.44. The lowest BCUT2D eigenvalue weighted by molar-refractivity contribution is 0.0749. The fourth-order valence-electron chi connectivity index (χ4n) is 2.10. The Morgan fingerprint density at radius 2 is 2.25 bits per heavy atom. The maximum absolute atomic E-state index is 9.28. The number of hydrogen-bond donors (Lipinski definition) is 1. The first-order valence-electron chi connectivity index (χ1n) is 5.16. The molecule has 2 atom stereocenters. The van der Waals surface area contributed by atoms with Crippen molar-refractivity contribution in [3.05, 3.63) is 0 Å². The summed E-state index contributed by atoms with van der Waals surface area (Å²) >= 11 is 0. The average Bonchev–Trinajstić information content (AvgIpc) is 2.04. The van der Waals surface area contributed by atoms with Gasteiger partial charge in [-0.3, -0.25) is 4.90 Å². The summed E-state index contributed by atoms with van der Waals surface area (Å²) in [5, 5.41) is 9.28. The maximum Gasteiger partial charge on any atom is 0.0639 e. The Labute approximate surface area is 75.6 Å². The lowest BCUT2D eigenvalue weighted by Gasteiger charge is -2.35. The highest BCUT2D eigenvalue weighted by Gasteiger charge is 2.21. The molecule has 0 aromatic carbocycles. The van der Waals surface area contributed by atoms with E-state index >= 15 is 0 Å². The van der Waals surface area contributed by atoms with Crippen molar-refractivity contribution < 1.29 is 5.11 Å². The van der Waals surface area contributed by atoms with Crippen molar-refractivity contribution in [2.24, 2.45) is 0 Å². The van der Waals surface area contributed by atoms with Crippen LogP contribution in [0.4, 0.5) is 0 Å². The van der Waals surface area contributed by atoms with Gasteiger partial charge >= 0.3 is 0 Å². The second-order valence-electron chi connectivity index (χ2n) is 3.90. The van der Waals surface area contributed by atoms with E-state index in [0.717, 1.165) is 12.6 Å². The van der Waals surface area contributed by atoms with Crippen LogP contribution in [0.5, 0.6) is 0 Å². The van der Waals surface area contributed by atoms with Gasteiger partial charge in [0.25, 0.3) is 0 Å². The molecule has 0 saturated carbocycles. The molecule has 72 valence electrons. The number of β-amino-alcohol motifs (C(OH)–C–C–N with tert-alkyl or cyclic N) is 1. The number of hydrogen-bond acceptors (Lipinski definition) is 2. The first-order valence-corrected chi connectivity index (χ1v) is 5.16. The van der Waals surface area contributed by atoms with Crippen LogP contribution in [0.2, 0.25) is 0 Å². The highest BCUT2D eigenvalue weighted by Crippen LogP contribution is 2.19. The van der Waals surface area contributed by atoms with Crippen molar-refractivity contribution in [1.82, 2.24) is 4.90 Å². The molecule has 2 heteroatoms. The average molecular weight is 171 g/mol. The quantitative estimate of drug-likeness (QED) is 0.697. The molecule has 1 N–H and O–H groups in total. The van der Waals surface area contributed by atoms with Crippen molar-refractivity contribution in [3.8, 4) is 0 Å². The molecule has 0 amide bonds. The van der Waals surface area contributed by atoms with Crippen LogP contribution < -0.4 is 0 Å². The molecule has 0 bridgehead atoms. The SMILES string of the molecule is CCC1CCCCN1C[C@H](C)O. The zero-order valence-corrected chi connectivity index (χ0v) is 8.29. The third kappa shape index (κ3) is 2.76. The van der Waals surface area contributed by atoms with Crippen LogP contribution in [0.1, 0.15) is 39.5 Å². The fourth-order valence-corrected chi connectivity index (χ4v) is 2.10. The van der Waals surface area contributed by atoms with Crippen LogP contribution in [0.25, 0.3) is 0 Å². The second-order valence-corrected chi connectivity index (χ2v) is 3.90. The Hall–Kier alpha value is -0.0800. The number of likely N-dealkylation sites (tertiary alicyclic amines) is 1. The largest absolute Gasteiger partial charge is 0.392 e. The van der Waals surface area contributed by atoms with Gasteiger partial charge in [-0.25, -0.2) is 0 Å². The van der Waals surface area contributed by atoms with E-state index in [4.69, 9.17) is 0 Å². The number of rotatable bonds is 3. The molecule has 0 spiro atoms. The number of piperidine rings is 1. The van der Waals surface area contributed by atoms with Gasteiger partial charge in [0.15, 0.2) is 0 Å². The number of aliphatic hydroxyl groups is 1. The fraction of sp³-hybridized carbons (Fsp3) is 1.00. The molecule has 1 saturated heterocycles. The lowest BCUT2D eigenvalue weighted by atomic mass is 10.00. The molecule has 1 aliphatic heterocycles. The Morgan fingerprint density at radius 3 is 2.83 bits per heavy atom. The first kappa shape index (κ1) is 10.0. The van der Waals surface area contributed by atoms with E-state index in [1.165, 1.54) is 32.2 Å². The summed E-state index contributed by atoms with van der Waals surface area (Å²) in [6, 6.07) is 0.730.